The Morgan fingerprint density at radius 1 is 1.06 bits per heavy atom. The van der Waals surface area contributed by atoms with Crippen LogP contribution in [0.3, 0.4) is 0 Å². The summed E-state index contributed by atoms with van der Waals surface area (Å²) in [5.74, 6) is -1.53. The molecule has 1 aliphatic carbocycles. The molecule has 1 aliphatic rings. The summed E-state index contributed by atoms with van der Waals surface area (Å²) in [4.78, 5) is 0. The van der Waals surface area contributed by atoms with Crippen LogP contribution in [0.5, 0.6) is 0 Å². The van der Waals surface area contributed by atoms with Gasteiger partial charge >= 0.3 is 12.4 Å². The van der Waals surface area contributed by atoms with Crippen molar-refractivity contribution in [1.29, 1.82) is 0 Å². The average Bonchev–Trinajstić information content (AvgIpc) is 2.13. The fourth-order valence-electron chi connectivity index (χ4n) is 2.49. The first kappa shape index (κ1) is 15.6. The Morgan fingerprint density at radius 2 is 1.61 bits per heavy atom. The van der Waals surface area contributed by atoms with Crippen LogP contribution in [-0.4, -0.2) is 24.4 Å². The van der Waals surface area contributed by atoms with Crippen molar-refractivity contribution in [2.45, 2.75) is 63.5 Å². The van der Waals surface area contributed by atoms with Crippen LogP contribution >= 0.6 is 0 Å². The third-order valence-electron chi connectivity index (χ3n) is 3.22. The zero-order chi connectivity index (χ0) is 14.0. The highest BCUT2D eigenvalue weighted by Crippen LogP contribution is 2.38. The van der Waals surface area contributed by atoms with Crippen LogP contribution in [0.4, 0.5) is 26.3 Å². The maximum atomic E-state index is 12.7. The molecular formula is C11H17F6N. The number of alkyl halides is 6. The Balaban J connectivity index is 2.57. The van der Waals surface area contributed by atoms with E-state index in [-0.39, 0.29) is 12.8 Å². The summed E-state index contributed by atoms with van der Waals surface area (Å²) in [5.41, 5.74) is 0. The van der Waals surface area contributed by atoms with Crippen molar-refractivity contribution in [3.8, 4) is 0 Å². The van der Waals surface area contributed by atoms with Crippen molar-refractivity contribution in [3.63, 3.8) is 0 Å². The fourth-order valence-corrected chi connectivity index (χ4v) is 2.49. The molecule has 18 heavy (non-hydrogen) atoms. The van der Waals surface area contributed by atoms with Gasteiger partial charge in [-0.3, -0.25) is 0 Å². The molecule has 0 radical (unpaired) electrons. The number of halogens is 6. The zero-order valence-corrected chi connectivity index (χ0v) is 10.0. The molecule has 0 aromatic rings. The van der Waals surface area contributed by atoms with Gasteiger partial charge in [-0.25, -0.2) is 0 Å². The summed E-state index contributed by atoms with van der Waals surface area (Å²) < 4.78 is 74.5. The maximum Gasteiger partial charge on any atom is 0.393 e. The smallest absolute Gasteiger partial charge is 0.311 e. The van der Waals surface area contributed by atoms with Crippen LogP contribution in [0, 0.1) is 5.92 Å². The zero-order valence-electron chi connectivity index (χ0n) is 10.0. The molecule has 108 valence electrons. The highest BCUT2D eigenvalue weighted by Gasteiger charge is 2.46. The van der Waals surface area contributed by atoms with Gasteiger partial charge in [-0.05, 0) is 19.8 Å². The normalized spacial score (nSPS) is 28.2. The van der Waals surface area contributed by atoms with E-state index >= 15 is 0 Å². The van der Waals surface area contributed by atoms with Gasteiger partial charge in [-0.15, -0.1) is 0 Å². The summed E-state index contributed by atoms with van der Waals surface area (Å²) in [6.45, 7) is 1.27. The SMILES string of the molecule is CC(CC(F)(F)F)NC1CCCCC1C(F)(F)F. The molecule has 3 unspecified atom stereocenters. The highest BCUT2D eigenvalue weighted by molar-refractivity contribution is 4.87. The van der Waals surface area contributed by atoms with Crippen LogP contribution < -0.4 is 5.32 Å². The molecule has 1 nitrogen and oxygen atoms in total. The lowest BCUT2D eigenvalue weighted by atomic mass is 9.83. The van der Waals surface area contributed by atoms with Gasteiger partial charge in [0, 0.05) is 12.1 Å². The van der Waals surface area contributed by atoms with Crippen LogP contribution in [0.2, 0.25) is 0 Å². The van der Waals surface area contributed by atoms with Gasteiger partial charge in [0.25, 0.3) is 0 Å². The van der Waals surface area contributed by atoms with E-state index < -0.39 is 36.8 Å². The minimum absolute atomic E-state index is 0.0000947. The van der Waals surface area contributed by atoms with Crippen LogP contribution in [0.1, 0.15) is 39.0 Å². The second-order valence-corrected chi connectivity index (χ2v) is 4.93. The van der Waals surface area contributed by atoms with E-state index in [9.17, 15) is 26.3 Å². The van der Waals surface area contributed by atoms with E-state index in [2.05, 4.69) is 5.32 Å². The van der Waals surface area contributed by atoms with Gasteiger partial charge in [0.1, 0.15) is 0 Å². The molecular weight excluding hydrogens is 260 g/mol. The van der Waals surface area contributed by atoms with Gasteiger partial charge < -0.3 is 5.32 Å². The number of rotatable bonds is 3. The Bertz CT molecular complexity index is 259. The first-order valence-corrected chi connectivity index (χ1v) is 5.99. The first-order chi connectivity index (χ1) is 8.09. The van der Waals surface area contributed by atoms with E-state index in [0.29, 0.717) is 12.8 Å². The van der Waals surface area contributed by atoms with Crippen LogP contribution in [-0.2, 0) is 0 Å². The second kappa shape index (κ2) is 5.67. The van der Waals surface area contributed by atoms with Gasteiger partial charge in [-0.1, -0.05) is 12.8 Å². The van der Waals surface area contributed by atoms with Crippen molar-refractivity contribution in [2.24, 2.45) is 5.92 Å². The van der Waals surface area contributed by atoms with Crippen molar-refractivity contribution in [1.82, 2.24) is 5.32 Å². The molecule has 1 saturated carbocycles. The third-order valence-corrected chi connectivity index (χ3v) is 3.22. The van der Waals surface area contributed by atoms with Crippen LogP contribution in [0.15, 0.2) is 0 Å². The standard InChI is InChI=1S/C11H17F6N/c1-7(6-10(12,13)14)18-9-5-3-2-4-8(9)11(15,16)17/h7-9,18H,2-6H2,1H3. The lowest BCUT2D eigenvalue weighted by Crippen LogP contribution is -2.49. The molecule has 3 atom stereocenters. The Morgan fingerprint density at radius 3 is 2.11 bits per heavy atom. The van der Waals surface area contributed by atoms with Gasteiger partial charge in [0.15, 0.2) is 0 Å². The number of hydrogen-bond donors (Lipinski definition) is 1. The van der Waals surface area contributed by atoms with Crippen LogP contribution in [0.25, 0.3) is 0 Å². The van der Waals surface area contributed by atoms with Crippen molar-refractivity contribution in [3.05, 3.63) is 0 Å². The largest absolute Gasteiger partial charge is 0.393 e. The summed E-state index contributed by atoms with van der Waals surface area (Å²) >= 11 is 0. The lowest BCUT2D eigenvalue weighted by Gasteiger charge is -2.35. The lowest BCUT2D eigenvalue weighted by molar-refractivity contribution is -0.190. The summed E-state index contributed by atoms with van der Waals surface area (Å²) in [7, 11) is 0. The molecule has 0 spiro atoms. The third kappa shape index (κ3) is 5.04. The number of hydrogen-bond acceptors (Lipinski definition) is 1. The average molecular weight is 277 g/mol. The molecule has 0 saturated heterocycles. The quantitative estimate of drug-likeness (QED) is 0.768. The first-order valence-electron chi connectivity index (χ1n) is 5.99. The minimum atomic E-state index is -4.35. The van der Waals surface area contributed by atoms with E-state index in [4.69, 9.17) is 0 Å². The molecule has 0 aliphatic heterocycles. The van der Waals surface area contributed by atoms with Crippen molar-refractivity contribution < 1.29 is 26.3 Å². The van der Waals surface area contributed by atoms with Gasteiger partial charge in [0.2, 0.25) is 0 Å². The predicted octanol–water partition coefficient (Wildman–Crippen LogP) is 4.04. The summed E-state index contributed by atoms with van der Waals surface area (Å²) in [6, 6.07) is -1.88. The van der Waals surface area contributed by atoms with Gasteiger partial charge in [-0.2, -0.15) is 26.3 Å². The predicted molar refractivity (Wildman–Crippen MR) is 55.1 cm³/mol. The van der Waals surface area contributed by atoms with Crippen molar-refractivity contribution in [2.75, 3.05) is 0 Å². The minimum Gasteiger partial charge on any atom is -0.311 e. The molecule has 7 heteroatoms. The molecule has 0 bridgehead atoms. The second-order valence-electron chi connectivity index (χ2n) is 4.93. The Kier molecular flexibility index (Phi) is 4.91. The molecule has 1 fully saturated rings. The maximum absolute atomic E-state index is 12.7. The van der Waals surface area contributed by atoms with E-state index in [1.807, 2.05) is 0 Å². The summed E-state index contributed by atoms with van der Waals surface area (Å²) in [5, 5.41) is 2.49. The molecule has 1 N–H and O–H groups in total. The van der Waals surface area contributed by atoms with E-state index in [0.717, 1.165) is 0 Å². The van der Waals surface area contributed by atoms with Gasteiger partial charge in [0.05, 0.1) is 12.3 Å². The van der Waals surface area contributed by atoms with E-state index in [1.54, 1.807) is 0 Å². The number of nitrogens with one attached hydrogen (secondary N) is 1. The van der Waals surface area contributed by atoms with Crippen molar-refractivity contribution >= 4 is 0 Å². The Hall–Kier alpha value is -0.460. The molecule has 1 rings (SSSR count). The monoisotopic (exact) mass is 277 g/mol. The molecule has 0 amide bonds. The highest BCUT2D eigenvalue weighted by atomic mass is 19.4. The Labute approximate surface area is 102 Å². The van der Waals surface area contributed by atoms with E-state index in [1.165, 1.54) is 6.92 Å². The summed E-state index contributed by atoms with van der Waals surface area (Å²) in [6.07, 6.45) is -8.40. The molecule has 0 aromatic carbocycles. The topological polar surface area (TPSA) is 12.0 Å². The fraction of sp³-hybridized carbons (Fsp3) is 1.00. The molecule has 0 aromatic heterocycles. The molecule has 0 heterocycles.